The van der Waals surface area contributed by atoms with Gasteiger partial charge in [-0.1, -0.05) is 50.2 Å². The minimum Gasteiger partial charge on any atom is -0.378 e. The van der Waals surface area contributed by atoms with Crippen LogP contribution in [-0.2, 0) is 9.53 Å². The lowest BCUT2D eigenvalue weighted by Crippen LogP contribution is -2.48. The van der Waals surface area contributed by atoms with E-state index in [1.807, 2.05) is 41.8 Å². The fourth-order valence-electron chi connectivity index (χ4n) is 3.26. The molecule has 2 N–H and O–H groups in total. The van der Waals surface area contributed by atoms with Crippen LogP contribution in [0.25, 0.3) is 0 Å². The van der Waals surface area contributed by atoms with Gasteiger partial charge in [0.15, 0.2) is 0 Å². The summed E-state index contributed by atoms with van der Waals surface area (Å²) in [6.07, 6.45) is 1.74. The number of hydrogen-bond acceptors (Lipinski definition) is 4. The van der Waals surface area contributed by atoms with Crippen LogP contribution >= 0.6 is 11.3 Å². The molecule has 0 radical (unpaired) electrons. The summed E-state index contributed by atoms with van der Waals surface area (Å²) in [5.74, 6) is -0.00490. The standard InChI is InChI=1S/C21H26N2O3S/c1-14(2)17-13-16(10-11-26-17)22-21(25)19(15-7-4-3-5-8-15)23-20(24)18-9-6-12-27-18/h3-9,12,14,16-17,19H,10-11,13H2,1-2H3,(H,22,25)(H,23,24)/t16-,17-,19-/m0/s1. The van der Waals surface area contributed by atoms with Crippen molar-refractivity contribution < 1.29 is 14.3 Å². The minimum atomic E-state index is -0.721. The molecule has 144 valence electrons. The molecule has 3 atom stereocenters. The number of nitrogens with one attached hydrogen (secondary N) is 2. The first-order valence-electron chi connectivity index (χ1n) is 9.36. The Kier molecular flexibility index (Phi) is 6.63. The summed E-state index contributed by atoms with van der Waals surface area (Å²) in [5, 5.41) is 7.86. The third kappa shape index (κ3) is 5.17. The molecule has 0 unspecified atom stereocenters. The summed E-state index contributed by atoms with van der Waals surface area (Å²) in [4.78, 5) is 26.1. The predicted octanol–water partition coefficient (Wildman–Crippen LogP) is 3.54. The van der Waals surface area contributed by atoms with Crippen molar-refractivity contribution >= 4 is 23.2 Å². The van der Waals surface area contributed by atoms with E-state index in [0.29, 0.717) is 17.4 Å². The Morgan fingerprint density at radius 3 is 2.59 bits per heavy atom. The van der Waals surface area contributed by atoms with E-state index >= 15 is 0 Å². The van der Waals surface area contributed by atoms with E-state index < -0.39 is 6.04 Å². The maximum Gasteiger partial charge on any atom is 0.262 e. The summed E-state index contributed by atoms with van der Waals surface area (Å²) >= 11 is 1.36. The van der Waals surface area contributed by atoms with Crippen molar-refractivity contribution in [3.8, 4) is 0 Å². The summed E-state index contributed by atoms with van der Waals surface area (Å²) < 4.78 is 5.79. The van der Waals surface area contributed by atoms with E-state index in [1.54, 1.807) is 6.07 Å². The lowest BCUT2D eigenvalue weighted by molar-refractivity contribution is -0.125. The molecule has 0 bridgehead atoms. The fraction of sp³-hybridized carbons (Fsp3) is 0.429. The second-order valence-corrected chi connectivity index (χ2v) is 8.13. The molecule has 0 aliphatic carbocycles. The second-order valence-electron chi connectivity index (χ2n) is 7.18. The van der Waals surface area contributed by atoms with Gasteiger partial charge in [0.1, 0.15) is 6.04 Å². The van der Waals surface area contributed by atoms with Gasteiger partial charge in [-0.05, 0) is 35.8 Å². The largest absolute Gasteiger partial charge is 0.378 e. The molecule has 2 amide bonds. The Morgan fingerprint density at radius 1 is 1.15 bits per heavy atom. The van der Waals surface area contributed by atoms with Crippen LogP contribution in [0.2, 0.25) is 0 Å². The molecule has 1 aliphatic heterocycles. The van der Waals surface area contributed by atoms with Gasteiger partial charge in [0.05, 0.1) is 11.0 Å². The van der Waals surface area contributed by atoms with Gasteiger partial charge in [-0.2, -0.15) is 0 Å². The van der Waals surface area contributed by atoms with E-state index in [0.717, 1.165) is 18.4 Å². The first kappa shape index (κ1) is 19.6. The molecule has 2 aromatic rings. The van der Waals surface area contributed by atoms with Crippen LogP contribution in [-0.4, -0.2) is 30.6 Å². The summed E-state index contributed by atoms with van der Waals surface area (Å²) in [6.45, 7) is 4.90. The molecular weight excluding hydrogens is 360 g/mol. The molecule has 27 heavy (non-hydrogen) atoms. The number of benzene rings is 1. The Labute approximate surface area is 164 Å². The number of carbonyl (C=O) groups excluding carboxylic acids is 2. The molecule has 0 saturated carbocycles. The highest BCUT2D eigenvalue weighted by Crippen LogP contribution is 2.22. The SMILES string of the molecule is CC(C)[C@@H]1C[C@@H](NC(=O)[C@@H](NC(=O)c2cccs2)c2ccccc2)CCO1. The van der Waals surface area contributed by atoms with E-state index in [2.05, 4.69) is 24.5 Å². The van der Waals surface area contributed by atoms with Gasteiger partial charge in [-0.3, -0.25) is 9.59 Å². The fourth-order valence-corrected chi connectivity index (χ4v) is 3.89. The van der Waals surface area contributed by atoms with Crippen LogP contribution in [0, 0.1) is 5.92 Å². The van der Waals surface area contributed by atoms with Crippen LogP contribution in [0.5, 0.6) is 0 Å². The second kappa shape index (κ2) is 9.15. The Morgan fingerprint density at radius 2 is 1.93 bits per heavy atom. The molecule has 1 aliphatic rings. The van der Waals surface area contributed by atoms with Crippen molar-refractivity contribution in [2.45, 2.75) is 44.9 Å². The zero-order valence-electron chi connectivity index (χ0n) is 15.7. The molecule has 6 heteroatoms. The van der Waals surface area contributed by atoms with E-state index in [9.17, 15) is 9.59 Å². The average Bonchev–Trinajstić information content (AvgIpc) is 3.21. The van der Waals surface area contributed by atoms with Gasteiger partial charge < -0.3 is 15.4 Å². The summed E-state index contributed by atoms with van der Waals surface area (Å²) in [7, 11) is 0. The number of hydrogen-bond donors (Lipinski definition) is 2. The third-order valence-electron chi connectivity index (χ3n) is 4.82. The van der Waals surface area contributed by atoms with Gasteiger partial charge in [0.2, 0.25) is 5.91 Å². The molecule has 1 fully saturated rings. The lowest BCUT2D eigenvalue weighted by Gasteiger charge is -2.33. The molecule has 1 aromatic heterocycles. The van der Waals surface area contributed by atoms with Crippen molar-refractivity contribution in [3.63, 3.8) is 0 Å². The van der Waals surface area contributed by atoms with Gasteiger partial charge in [-0.15, -0.1) is 11.3 Å². The maximum absolute atomic E-state index is 13.0. The van der Waals surface area contributed by atoms with Crippen LogP contribution in [0.3, 0.4) is 0 Å². The smallest absolute Gasteiger partial charge is 0.262 e. The summed E-state index contributed by atoms with van der Waals surface area (Å²) in [5.41, 5.74) is 0.771. The number of ether oxygens (including phenoxy) is 1. The highest BCUT2D eigenvalue weighted by molar-refractivity contribution is 7.12. The van der Waals surface area contributed by atoms with Crippen molar-refractivity contribution in [1.29, 1.82) is 0 Å². The highest BCUT2D eigenvalue weighted by atomic mass is 32.1. The topological polar surface area (TPSA) is 67.4 Å². The Bertz CT molecular complexity index is 746. The molecule has 1 saturated heterocycles. The first-order valence-corrected chi connectivity index (χ1v) is 10.2. The molecule has 5 nitrogen and oxygen atoms in total. The number of carbonyl (C=O) groups is 2. The van der Waals surface area contributed by atoms with Gasteiger partial charge in [-0.25, -0.2) is 0 Å². The molecule has 1 aromatic carbocycles. The molecular formula is C21H26N2O3S. The quantitative estimate of drug-likeness (QED) is 0.798. The van der Waals surface area contributed by atoms with E-state index in [1.165, 1.54) is 11.3 Å². The van der Waals surface area contributed by atoms with Crippen LogP contribution in [0.1, 0.15) is 48.0 Å². The van der Waals surface area contributed by atoms with Crippen LogP contribution < -0.4 is 10.6 Å². The maximum atomic E-state index is 13.0. The van der Waals surface area contributed by atoms with Gasteiger partial charge >= 0.3 is 0 Å². The highest BCUT2D eigenvalue weighted by Gasteiger charge is 2.29. The Balaban J connectivity index is 1.72. The predicted molar refractivity (Wildman–Crippen MR) is 107 cm³/mol. The van der Waals surface area contributed by atoms with Crippen molar-refractivity contribution in [1.82, 2.24) is 10.6 Å². The zero-order valence-corrected chi connectivity index (χ0v) is 16.5. The average molecular weight is 387 g/mol. The lowest BCUT2D eigenvalue weighted by atomic mass is 9.95. The van der Waals surface area contributed by atoms with Gasteiger partial charge in [0.25, 0.3) is 5.91 Å². The van der Waals surface area contributed by atoms with Crippen molar-refractivity contribution in [3.05, 3.63) is 58.3 Å². The normalized spacial score (nSPS) is 20.9. The van der Waals surface area contributed by atoms with Crippen LogP contribution in [0.15, 0.2) is 47.8 Å². The van der Waals surface area contributed by atoms with Crippen molar-refractivity contribution in [2.75, 3.05) is 6.61 Å². The molecule has 2 heterocycles. The molecule has 3 rings (SSSR count). The number of thiophene rings is 1. The van der Waals surface area contributed by atoms with Gasteiger partial charge in [0, 0.05) is 12.6 Å². The van der Waals surface area contributed by atoms with Crippen molar-refractivity contribution in [2.24, 2.45) is 5.92 Å². The van der Waals surface area contributed by atoms with Crippen LogP contribution in [0.4, 0.5) is 0 Å². The first-order chi connectivity index (χ1) is 13.0. The number of amides is 2. The van der Waals surface area contributed by atoms with E-state index in [4.69, 9.17) is 4.74 Å². The third-order valence-corrected chi connectivity index (χ3v) is 5.69. The van der Waals surface area contributed by atoms with E-state index in [-0.39, 0.29) is 24.0 Å². The zero-order chi connectivity index (χ0) is 19.2. The number of rotatable bonds is 6. The Hall–Kier alpha value is -2.18. The summed E-state index contributed by atoms with van der Waals surface area (Å²) in [6, 6.07) is 12.3. The molecule has 0 spiro atoms. The monoisotopic (exact) mass is 386 g/mol. The minimum absolute atomic E-state index is 0.0588.